The maximum Gasteiger partial charge on any atom is 0.266 e. The van der Waals surface area contributed by atoms with Gasteiger partial charge in [0.2, 0.25) is 11.8 Å². The lowest BCUT2D eigenvalue weighted by atomic mass is 10.1. The first-order chi connectivity index (χ1) is 14.0. The van der Waals surface area contributed by atoms with E-state index >= 15 is 0 Å². The Morgan fingerprint density at radius 2 is 1.93 bits per heavy atom. The van der Waals surface area contributed by atoms with Gasteiger partial charge in [-0.15, -0.1) is 0 Å². The monoisotopic (exact) mass is 398 g/mol. The summed E-state index contributed by atoms with van der Waals surface area (Å²) in [7, 11) is 3.12. The lowest BCUT2D eigenvalue weighted by Gasteiger charge is -2.10. The van der Waals surface area contributed by atoms with Crippen molar-refractivity contribution in [2.24, 2.45) is 0 Å². The molecule has 0 spiro atoms. The highest BCUT2D eigenvalue weighted by atomic mass is 16.5. The molecule has 2 heterocycles. The Bertz CT molecular complexity index is 1060. The summed E-state index contributed by atoms with van der Waals surface area (Å²) < 4.78 is 16.9. The van der Waals surface area contributed by atoms with E-state index in [0.29, 0.717) is 41.7 Å². The van der Waals surface area contributed by atoms with Crippen molar-refractivity contribution in [3.05, 3.63) is 52.4 Å². The molecule has 3 aromatic rings. The minimum Gasteiger partial charge on any atom is -0.493 e. The number of hydrogen-bond acceptors (Lipinski definition) is 7. The molecule has 0 aliphatic rings. The summed E-state index contributed by atoms with van der Waals surface area (Å²) in [6.45, 7) is 2.07. The molecule has 0 atom stereocenters. The summed E-state index contributed by atoms with van der Waals surface area (Å²) >= 11 is 0. The van der Waals surface area contributed by atoms with Crippen LogP contribution in [0.3, 0.4) is 0 Å². The van der Waals surface area contributed by atoms with Crippen LogP contribution in [0, 0.1) is 6.92 Å². The molecule has 0 saturated heterocycles. The highest BCUT2D eigenvalue weighted by molar-refractivity contribution is 5.89. The number of ether oxygens (including phenoxy) is 2. The van der Waals surface area contributed by atoms with Gasteiger partial charge in [0.15, 0.2) is 11.5 Å². The van der Waals surface area contributed by atoms with Gasteiger partial charge in [-0.25, -0.2) is 4.68 Å². The zero-order valence-corrected chi connectivity index (χ0v) is 16.5. The first-order valence-electron chi connectivity index (χ1n) is 9.04. The molecule has 0 aliphatic heterocycles. The molecule has 1 N–H and O–H groups in total. The van der Waals surface area contributed by atoms with Gasteiger partial charge in [-0.05, 0) is 37.6 Å². The van der Waals surface area contributed by atoms with Gasteiger partial charge in [-0.2, -0.15) is 5.10 Å². The van der Waals surface area contributed by atoms with E-state index in [2.05, 4.69) is 15.6 Å². The van der Waals surface area contributed by atoms with E-state index in [4.69, 9.17) is 14.0 Å². The van der Waals surface area contributed by atoms with Crippen LogP contribution in [-0.4, -0.2) is 35.1 Å². The second-order valence-electron chi connectivity index (χ2n) is 6.33. The van der Waals surface area contributed by atoms with Crippen LogP contribution >= 0.6 is 0 Å². The summed E-state index contributed by atoms with van der Waals surface area (Å²) in [5.74, 6) is 1.27. The summed E-state index contributed by atoms with van der Waals surface area (Å²) in [6.07, 6.45) is 0.662. The van der Waals surface area contributed by atoms with E-state index < -0.39 is 0 Å². The molecule has 0 bridgehead atoms. The predicted molar refractivity (Wildman–Crippen MR) is 106 cm³/mol. The average Bonchev–Trinajstić information content (AvgIpc) is 3.13. The van der Waals surface area contributed by atoms with E-state index in [0.717, 1.165) is 5.56 Å². The standard InChI is InChI=1S/C20H22N4O5/c1-13-11-19(29-23-13)21-18(25)5-4-10-24-20(26)9-7-15(22-24)14-6-8-16(27-2)17(12-14)28-3/h6-9,11-12H,4-5,10H2,1-3H3,(H,21,25). The Morgan fingerprint density at radius 1 is 1.14 bits per heavy atom. The second-order valence-corrected chi connectivity index (χ2v) is 6.33. The van der Waals surface area contributed by atoms with Crippen LogP contribution in [0.1, 0.15) is 18.5 Å². The molecule has 9 heteroatoms. The maximum atomic E-state index is 12.1. The molecule has 152 valence electrons. The first kappa shape index (κ1) is 20.1. The Hall–Kier alpha value is -3.62. The number of carbonyl (C=O) groups is 1. The Morgan fingerprint density at radius 3 is 2.62 bits per heavy atom. The van der Waals surface area contributed by atoms with E-state index in [1.165, 1.54) is 10.7 Å². The third kappa shape index (κ3) is 5.01. The minimum absolute atomic E-state index is 0.217. The number of rotatable bonds is 8. The van der Waals surface area contributed by atoms with Gasteiger partial charge in [-0.3, -0.25) is 14.9 Å². The van der Waals surface area contributed by atoms with E-state index in [1.54, 1.807) is 45.4 Å². The fourth-order valence-electron chi connectivity index (χ4n) is 2.77. The SMILES string of the molecule is COc1ccc(-c2ccc(=O)n(CCCC(=O)Nc3cc(C)no3)n2)cc1OC. The lowest BCUT2D eigenvalue weighted by Crippen LogP contribution is -2.23. The Labute approximate surface area is 167 Å². The number of aromatic nitrogens is 3. The zero-order chi connectivity index (χ0) is 20.8. The van der Waals surface area contributed by atoms with Crippen molar-refractivity contribution in [3.63, 3.8) is 0 Å². The molecule has 29 heavy (non-hydrogen) atoms. The molecule has 2 aromatic heterocycles. The molecule has 0 fully saturated rings. The van der Waals surface area contributed by atoms with Crippen molar-refractivity contribution in [1.82, 2.24) is 14.9 Å². The lowest BCUT2D eigenvalue weighted by molar-refractivity contribution is -0.116. The number of anilines is 1. The normalized spacial score (nSPS) is 10.6. The Balaban J connectivity index is 1.66. The van der Waals surface area contributed by atoms with Crippen molar-refractivity contribution >= 4 is 11.8 Å². The number of aryl methyl sites for hydroxylation is 2. The number of methoxy groups -OCH3 is 2. The molecule has 3 rings (SSSR count). The van der Waals surface area contributed by atoms with Gasteiger partial charge < -0.3 is 14.0 Å². The molecule has 9 nitrogen and oxygen atoms in total. The highest BCUT2D eigenvalue weighted by Gasteiger charge is 2.10. The highest BCUT2D eigenvalue weighted by Crippen LogP contribution is 2.31. The van der Waals surface area contributed by atoms with Crippen molar-refractivity contribution in [2.75, 3.05) is 19.5 Å². The molecular formula is C20H22N4O5. The minimum atomic E-state index is -0.236. The summed E-state index contributed by atoms with van der Waals surface area (Å²) in [4.78, 5) is 24.1. The van der Waals surface area contributed by atoms with Crippen LogP contribution in [0.4, 0.5) is 5.88 Å². The molecular weight excluding hydrogens is 376 g/mol. The van der Waals surface area contributed by atoms with Crippen molar-refractivity contribution in [1.29, 1.82) is 0 Å². The molecule has 0 radical (unpaired) electrons. The van der Waals surface area contributed by atoms with Crippen LogP contribution in [0.5, 0.6) is 11.5 Å². The molecule has 0 saturated carbocycles. The number of nitrogens with one attached hydrogen (secondary N) is 1. The van der Waals surface area contributed by atoms with Crippen molar-refractivity contribution < 1.29 is 18.8 Å². The van der Waals surface area contributed by atoms with E-state index in [-0.39, 0.29) is 17.9 Å². The Kier molecular flexibility index (Phi) is 6.28. The van der Waals surface area contributed by atoms with Crippen LogP contribution < -0.4 is 20.3 Å². The van der Waals surface area contributed by atoms with Crippen LogP contribution in [-0.2, 0) is 11.3 Å². The molecule has 1 aromatic carbocycles. The summed E-state index contributed by atoms with van der Waals surface area (Å²) in [5, 5.41) is 10.7. The maximum absolute atomic E-state index is 12.1. The van der Waals surface area contributed by atoms with E-state index in [1.807, 2.05) is 6.07 Å². The van der Waals surface area contributed by atoms with Gasteiger partial charge in [0.25, 0.3) is 5.56 Å². The predicted octanol–water partition coefficient (Wildman–Crippen LogP) is 2.64. The molecule has 0 aliphatic carbocycles. The third-order valence-corrected chi connectivity index (χ3v) is 4.21. The van der Waals surface area contributed by atoms with Crippen LogP contribution in [0.25, 0.3) is 11.3 Å². The second kappa shape index (κ2) is 9.05. The van der Waals surface area contributed by atoms with Crippen LogP contribution in [0.15, 0.2) is 45.7 Å². The fraction of sp³-hybridized carbons (Fsp3) is 0.300. The topological polar surface area (TPSA) is 108 Å². The first-order valence-corrected chi connectivity index (χ1v) is 9.04. The van der Waals surface area contributed by atoms with Gasteiger partial charge in [0.05, 0.1) is 25.6 Å². The smallest absolute Gasteiger partial charge is 0.266 e. The molecule has 0 unspecified atom stereocenters. The number of hydrogen-bond donors (Lipinski definition) is 1. The summed E-state index contributed by atoms with van der Waals surface area (Å²) in [6, 6.07) is 10.2. The van der Waals surface area contributed by atoms with Gasteiger partial charge in [0.1, 0.15) is 0 Å². The van der Waals surface area contributed by atoms with Crippen molar-refractivity contribution in [3.8, 4) is 22.8 Å². The molecule has 1 amide bonds. The van der Waals surface area contributed by atoms with Gasteiger partial charge in [-0.1, -0.05) is 5.16 Å². The van der Waals surface area contributed by atoms with Crippen LogP contribution in [0.2, 0.25) is 0 Å². The van der Waals surface area contributed by atoms with Gasteiger partial charge in [0, 0.05) is 30.7 Å². The zero-order valence-electron chi connectivity index (χ0n) is 16.5. The number of carbonyl (C=O) groups excluding carboxylic acids is 1. The third-order valence-electron chi connectivity index (χ3n) is 4.21. The van der Waals surface area contributed by atoms with E-state index in [9.17, 15) is 9.59 Å². The van der Waals surface area contributed by atoms with Crippen molar-refractivity contribution in [2.45, 2.75) is 26.3 Å². The fourth-order valence-corrected chi connectivity index (χ4v) is 2.77. The number of amides is 1. The number of nitrogens with zero attached hydrogens (tertiary/aromatic N) is 3. The average molecular weight is 398 g/mol. The largest absolute Gasteiger partial charge is 0.493 e. The summed E-state index contributed by atoms with van der Waals surface area (Å²) in [5.41, 5.74) is 1.85. The quantitative estimate of drug-likeness (QED) is 0.621. The number of benzene rings is 1. The van der Waals surface area contributed by atoms with Gasteiger partial charge >= 0.3 is 0 Å².